The molecule has 0 aromatic heterocycles. The van der Waals surface area contributed by atoms with Crippen molar-refractivity contribution >= 4 is 17.8 Å². The van der Waals surface area contributed by atoms with E-state index in [1.165, 1.54) is 0 Å². The first-order valence-corrected chi connectivity index (χ1v) is 9.50. The van der Waals surface area contributed by atoms with Crippen molar-refractivity contribution in [1.82, 2.24) is 21.4 Å². The average molecular weight is 398 g/mol. The molecule has 0 aliphatic rings. The number of nitro groups is 1. The number of rotatable bonds is 13. The first-order valence-electron chi connectivity index (χ1n) is 9.50. The van der Waals surface area contributed by atoms with Crippen LogP contribution in [0.2, 0.25) is 0 Å². The Bertz CT molecular complexity index is 562. The lowest BCUT2D eigenvalue weighted by Crippen LogP contribution is -2.47. The van der Waals surface area contributed by atoms with E-state index < -0.39 is 17.0 Å². The smallest absolute Gasteiger partial charge is 0.251 e. The Morgan fingerprint density at radius 1 is 1.29 bits per heavy atom. The van der Waals surface area contributed by atoms with Crippen LogP contribution >= 0.6 is 0 Å². The fourth-order valence-electron chi connectivity index (χ4n) is 2.14. The van der Waals surface area contributed by atoms with Crippen LogP contribution in [-0.2, 0) is 9.59 Å². The Morgan fingerprint density at radius 2 is 1.96 bits per heavy atom. The second-order valence-electron chi connectivity index (χ2n) is 6.86. The third-order valence-corrected chi connectivity index (χ3v) is 3.73. The van der Waals surface area contributed by atoms with E-state index in [1.54, 1.807) is 18.9 Å². The van der Waals surface area contributed by atoms with Gasteiger partial charge >= 0.3 is 0 Å². The summed E-state index contributed by atoms with van der Waals surface area (Å²) in [7, 11) is 0. The maximum atomic E-state index is 12.4. The molecule has 0 spiro atoms. The highest BCUT2D eigenvalue weighted by Gasteiger charge is 2.21. The molecule has 0 rings (SSSR count). The highest BCUT2D eigenvalue weighted by Crippen LogP contribution is 2.04. The third-order valence-electron chi connectivity index (χ3n) is 3.73. The zero-order valence-electron chi connectivity index (χ0n) is 17.1. The van der Waals surface area contributed by atoms with Gasteiger partial charge in [0.25, 0.3) is 5.96 Å². The van der Waals surface area contributed by atoms with E-state index in [1.807, 2.05) is 26.8 Å². The van der Waals surface area contributed by atoms with Gasteiger partial charge in [0.2, 0.25) is 11.8 Å². The predicted molar refractivity (Wildman–Crippen MR) is 108 cm³/mol. The molecule has 0 aromatic rings. The van der Waals surface area contributed by atoms with Gasteiger partial charge in [-0.15, -0.1) is 0 Å². The van der Waals surface area contributed by atoms with Crippen molar-refractivity contribution < 1.29 is 14.6 Å². The number of unbranched alkanes of at least 4 members (excludes halogenated alkanes) is 1. The van der Waals surface area contributed by atoms with E-state index in [-0.39, 0.29) is 18.4 Å². The lowest BCUT2D eigenvalue weighted by atomic mass is 10.1. The second-order valence-corrected chi connectivity index (χ2v) is 6.86. The summed E-state index contributed by atoms with van der Waals surface area (Å²) < 4.78 is 0. The molecule has 1 atom stereocenters. The normalized spacial score (nSPS) is 12.2. The van der Waals surface area contributed by atoms with Gasteiger partial charge < -0.3 is 16.0 Å². The molecule has 2 amide bonds. The molecule has 10 nitrogen and oxygen atoms in total. The number of guanidine groups is 1. The molecule has 5 N–H and O–H groups in total. The standard InChI is InChI=1S/C18H33N6O4/c1-5-6-8-14(4)16(25)22-15(17(26)20-12-10-13(2)3)9-7-11-21-18(19)23-24(27)28/h8,12-13,15H,5-7,9-11H2,1-4H3,(H,20,26)(H,22,25)(H3,19,21,23)/b14-8+/t15-/m0/s1. The largest absolute Gasteiger partial charge is 0.352 e. The van der Waals surface area contributed by atoms with Gasteiger partial charge in [-0.1, -0.05) is 38.7 Å². The van der Waals surface area contributed by atoms with E-state index >= 15 is 0 Å². The molecule has 0 saturated heterocycles. The summed E-state index contributed by atoms with van der Waals surface area (Å²) in [6.07, 6.45) is 5.02. The number of allylic oxidation sites excluding steroid dienone is 1. The molecule has 0 bridgehead atoms. The summed E-state index contributed by atoms with van der Waals surface area (Å²) in [5.74, 6) is -0.639. The molecule has 0 aromatic carbocycles. The second kappa shape index (κ2) is 14.4. The Labute approximate surface area is 166 Å². The minimum absolute atomic E-state index is 0.250. The van der Waals surface area contributed by atoms with Gasteiger partial charge in [-0.3, -0.25) is 15.0 Å². The molecule has 10 heteroatoms. The molecule has 0 unspecified atom stereocenters. The van der Waals surface area contributed by atoms with Crippen LogP contribution in [0.3, 0.4) is 0 Å². The Hall–Kier alpha value is -2.65. The van der Waals surface area contributed by atoms with Crippen LogP contribution in [0.4, 0.5) is 0 Å². The SMILES string of the molecule is CCC/C=C(\C)C(=O)N[C@@H](CCCNC(=N)N[N+](=O)[O-])C(=O)N[CH]CC(C)C. The highest BCUT2D eigenvalue weighted by molar-refractivity contribution is 5.96. The minimum atomic E-state index is -0.832. The van der Waals surface area contributed by atoms with Gasteiger partial charge in [0.05, 0.1) is 0 Å². The van der Waals surface area contributed by atoms with Gasteiger partial charge in [-0.2, -0.15) is 0 Å². The van der Waals surface area contributed by atoms with Crippen molar-refractivity contribution in [1.29, 1.82) is 5.41 Å². The van der Waals surface area contributed by atoms with Crippen molar-refractivity contribution in [3.8, 4) is 0 Å². The summed E-state index contributed by atoms with van der Waals surface area (Å²) in [6.45, 7) is 9.71. The zero-order valence-corrected chi connectivity index (χ0v) is 17.1. The van der Waals surface area contributed by atoms with Crippen LogP contribution in [0, 0.1) is 28.0 Å². The summed E-state index contributed by atoms with van der Waals surface area (Å²) >= 11 is 0. The molecule has 1 radical (unpaired) electrons. The molecule has 0 aliphatic heterocycles. The van der Waals surface area contributed by atoms with Crippen LogP contribution in [-0.4, -0.2) is 35.4 Å². The number of nitrogens with zero attached hydrogens (tertiary/aromatic N) is 1. The van der Waals surface area contributed by atoms with E-state index in [4.69, 9.17) is 5.41 Å². The number of nitrogens with one attached hydrogen (secondary N) is 5. The first-order chi connectivity index (χ1) is 13.2. The van der Waals surface area contributed by atoms with Gasteiger partial charge in [0, 0.05) is 18.7 Å². The lowest BCUT2D eigenvalue weighted by molar-refractivity contribution is -0.525. The average Bonchev–Trinajstić information content (AvgIpc) is 2.60. The summed E-state index contributed by atoms with van der Waals surface area (Å²) in [5.41, 5.74) is 2.25. The van der Waals surface area contributed by atoms with Crippen LogP contribution < -0.4 is 21.4 Å². The molecular formula is C18H33N6O4. The summed E-state index contributed by atoms with van der Waals surface area (Å²) in [5, 5.41) is 24.7. The number of hydrazine groups is 1. The summed E-state index contributed by atoms with van der Waals surface area (Å²) in [6, 6.07) is -0.736. The quantitative estimate of drug-likeness (QED) is 0.0796. The monoisotopic (exact) mass is 397 g/mol. The zero-order chi connectivity index (χ0) is 21.5. The number of amides is 2. The van der Waals surface area contributed by atoms with Crippen LogP contribution in [0.15, 0.2) is 11.6 Å². The molecule has 0 aliphatic carbocycles. The van der Waals surface area contributed by atoms with Crippen molar-refractivity contribution in [2.45, 2.75) is 65.8 Å². The maximum Gasteiger partial charge on any atom is 0.251 e. The van der Waals surface area contributed by atoms with E-state index in [2.05, 4.69) is 16.0 Å². The molecule has 28 heavy (non-hydrogen) atoms. The van der Waals surface area contributed by atoms with Gasteiger partial charge in [-0.05, 0) is 38.5 Å². The molecule has 0 heterocycles. The van der Waals surface area contributed by atoms with Crippen LogP contribution in [0.5, 0.6) is 0 Å². The van der Waals surface area contributed by atoms with Crippen LogP contribution in [0.25, 0.3) is 0 Å². The Balaban J connectivity index is 4.70. The lowest BCUT2D eigenvalue weighted by Gasteiger charge is -2.19. The van der Waals surface area contributed by atoms with E-state index in [0.717, 1.165) is 12.8 Å². The Morgan fingerprint density at radius 3 is 2.54 bits per heavy atom. The maximum absolute atomic E-state index is 12.4. The molecule has 0 fully saturated rings. The number of hydrogen-bond donors (Lipinski definition) is 5. The van der Waals surface area contributed by atoms with Crippen molar-refractivity contribution in [2.24, 2.45) is 5.92 Å². The highest BCUT2D eigenvalue weighted by atomic mass is 16.7. The van der Waals surface area contributed by atoms with Gasteiger partial charge in [0.15, 0.2) is 5.03 Å². The number of hydrogen-bond acceptors (Lipinski definition) is 5. The first kappa shape index (κ1) is 25.4. The van der Waals surface area contributed by atoms with Crippen LogP contribution in [0.1, 0.15) is 59.8 Å². The number of carbonyl (C=O) groups is 2. The minimum Gasteiger partial charge on any atom is -0.352 e. The van der Waals surface area contributed by atoms with Crippen molar-refractivity contribution in [3.63, 3.8) is 0 Å². The topological polar surface area (TPSA) is 149 Å². The van der Waals surface area contributed by atoms with Gasteiger partial charge in [-0.25, -0.2) is 10.1 Å². The predicted octanol–water partition coefficient (Wildman–Crippen LogP) is 1.63. The molecule has 0 saturated carbocycles. The van der Waals surface area contributed by atoms with Crippen molar-refractivity contribution in [2.75, 3.05) is 6.54 Å². The third kappa shape index (κ3) is 12.7. The Kier molecular flexibility index (Phi) is 13.0. The summed E-state index contributed by atoms with van der Waals surface area (Å²) in [4.78, 5) is 35.0. The van der Waals surface area contributed by atoms with E-state index in [9.17, 15) is 19.7 Å². The van der Waals surface area contributed by atoms with Crippen molar-refractivity contribution in [3.05, 3.63) is 28.3 Å². The van der Waals surface area contributed by atoms with Gasteiger partial charge in [0.1, 0.15) is 6.04 Å². The van der Waals surface area contributed by atoms with E-state index in [0.29, 0.717) is 30.8 Å². The fourth-order valence-corrected chi connectivity index (χ4v) is 2.14. The fraction of sp³-hybridized carbons (Fsp3) is 0.667. The molecular weight excluding hydrogens is 364 g/mol. The molecule has 159 valence electrons. The number of carbonyl (C=O) groups excluding carboxylic acids is 2.